The topological polar surface area (TPSA) is 97.9 Å². The predicted octanol–water partition coefficient (Wildman–Crippen LogP) is 2.22. The lowest BCUT2D eigenvalue weighted by Crippen LogP contribution is -2.46. The summed E-state index contributed by atoms with van der Waals surface area (Å²) in [5.74, 6) is -0.254. The molecule has 0 bridgehead atoms. The number of carbonyl (C=O) groups excluding carboxylic acids is 1. The molecule has 138 valence electrons. The number of hydrogen-bond donors (Lipinski definition) is 2. The van der Waals surface area contributed by atoms with Gasteiger partial charge in [0.2, 0.25) is 0 Å². The number of hydrogen-bond acceptors (Lipinski definition) is 6. The monoisotopic (exact) mass is 380 g/mol. The van der Waals surface area contributed by atoms with E-state index in [2.05, 4.69) is 22.8 Å². The van der Waals surface area contributed by atoms with Gasteiger partial charge in [0.15, 0.2) is 0 Å². The van der Waals surface area contributed by atoms with Crippen molar-refractivity contribution in [3.63, 3.8) is 0 Å². The van der Waals surface area contributed by atoms with Gasteiger partial charge in [0.25, 0.3) is 5.91 Å². The Morgan fingerprint density at radius 1 is 1.30 bits per heavy atom. The molecule has 1 saturated heterocycles. The molecule has 2 N–H and O–H groups in total. The van der Waals surface area contributed by atoms with Gasteiger partial charge in [0.1, 0.15) is 23.1 Å². The van der Waals surface area contributed by atoms with Gasteiger partial charge in [-0.1, -0.05) is 24.3 Å². The Bertz CT molecular complexity index is 855. The Balaban J connectivity index is 1.60. The summed E-state index contributed by atoms with van der Waals surface area (Å²) < 4.78 is 5.53. The van der Waals surface area contributed by atoms with Gasteiger partial charge >= 0.3 is 0 Å². The van der Waals surface area contributed by atoms with Crippen LogP contribution in [0.2, 0.25) is 0 Å². The van der Waals surface area contributed by atoms with E-state index in [1.165, 1.54) is 11.3 Å². The molecular formula is C20H20N4O2S. The fourth-order valence-corrected chi connectivity index (χ4v) is 3.68. The van der Waals surface area contributed by atoms with E-state index >= 15 is 0 Å². The van der Waals surface area contributed by atoms with Crippen molar-refractivity contribution in [1.29, 1.82) is 10.5 Å². The van der Waals surface area contributed by atoms with Crippen LogP contribution in [0.4, 0.5) is 0 Å². The molecule has 2 heterocycles. The van der Waals surface area contributed by atoms with E-state index in [-0.39, 0.29) is 5.91 Å². The fraction of sp³-hybridized carbons (Fsp3) is 0.350. The molecular weight excluding hydrogens is 360 g/mol. The summed E-state index contributed by atoms with van der Waals surface area (Å²) in [7, 11) is 0. The van der Waals surface area contributed by atoms with Crippen molar-refractivity contribution in [2.45, 2.75) is 25.0 Å². The molecule has 6 nitrogen and oxygen atoms in total. The molecule has 1 aromatic heterocycles. The summed E-state index contributed by atoms with van der Waals surface area (Å²) in [5.41, 5.74) is 1.99. The average molecular weight is 380 g/mol. The maximum Gasteiger partial charge on any atom is 0.251 e. The molecule has 1 aliphatic heterocycles. The van der Waals surface area contributed by atoms with Gasteiger partial charge in [-0.3, -0.25) is 4.79 Å². The highest BCUT2D eigenvalue weighted by atomic mass is 32.1. The Kier molecular flexibility index (Phi) is 6.56. The first-order chi connectivity index (χ1) is 13.2. The summed E-state index contributed by atoms with van der Waals surface area (Å²) in [5, 5.41) is 24.3. The smallest absolute Gasteiger partial charge is 0.251 e. The van der Waals surface area contributed by atoms with Crippen molar-refractivity contribution < 1.29 is 9.53 Å². The van der Waals surface area contributed by atoms with Crippen LogP contribution in [0.5, 0.6) is 0 Å². The highest BCUT2D eigenvalue weighted by Crippen LogP contribution is 2.28. The molecule has 2 atom stereocenters. The molecule has 0 saturated carbocycles. The fourth-order valence-electron chi connectivity index (χ4n) is 2.87. The molecule has 7 heteroatoms. The van der Waals surface area contributed by atoms with Crippen LogP contribution in [0, 0.1) is 22.7 Å². The van der Waals surface area contributed by atoms with Crippen molar-refractivity contribution >= 4 is 17.2 Å². The molecule has 1 aromatic carbocycles. The largest absolute Gasteiger partial charge is 0.367 e. The Hall–Kier alpha value is -2.71. The maximum atomic E-state index is 12.3. The first-order valence-electron chi connectivity index (χ1n) is 8.81. The zero-order chi connectivity index (χ0) is 19.1. The van der Waals surface area contributed by atoms with Gasteiger partial charge in [-0.25, -0.2) is 0 Å². The summed E-state index contributed by atoms with van der Waals surface area (Å²) >= 11 is 1.45. The van der Waals surface area contributed by atoms with Gasteiger partial charge in [0.05, 0.1) is 6.07 Å². The van der Waals surface area contributed by atoms with Gasteiger partial charge in [-0.05, 0) is 36.2 Å². The lowest BCUT2D eigenvalue weighted by Gasteiger charge is -2.18. The summed E-state index contributed by atoms with van der Waals surface area (Å²) in [6, 6.07) is 15.2. The minimum absolute atomic E-state index is 0.254. The standard InChI is InChI=1S/C20H20N4O2S/c21-11-16(24-20(25)18-13-23-8-1-9-26-18)10-14-2-4-15(5-3-14)19-7-6-17(12-22)27-19/h2-7,16,18,23H,1,8-10,13H2,(H,24,25)/t16?,18-/m0/s1. The van der Waals surface area contributed by atoms with Crippen molar-refractivity contribution in [3.8, 4) is 22.6 Å². The van der Waals surface area contributed by atoms with Crippen molar-refractivity contribution in [2.24, 2.45) is 0 Å². The minimum Gasteiger partial charge on any atom is -0.367 e. The summed E-state index contributed by atoms with van der Waals surface area (Å²) in [6.45, 7) is 1.84. The molecule has 1 fully saturated rings. The maximum absolute atomic E-state index is 12.3. The molecule has 2 aromatic rings. The lowest BCUT2D eigenvalue weighted by atomic mass is 10.0. The van der Waals surface area contributed by atoms with E-state index < -0.39 is 12.1 Å². The molecule has 0 aliphatic carbocycles. The minimum atomic E-state index is -0.609. The van der Waals surface area contributed by atoms with Crippen LogP contribution in [-0.2, 0) is 16.0 Å². The zero-order valence-electron chi connectivity index (χ0n) is 14.8. The highest BCUT2D eigenvalue weighted by Gasteiger charge is 2.23. The predicted molar refractivity (Wildman–Crippen MR) is 103 cm³/mol. The summed E-state index contributed by atoms with van der Waals surface area (Å²) in [6.07, 6.45) is 0.743. The van der Waals surface area contributed by atoms with Crippen LogP contribution >= 0.6 is 11.3 Å². The number of nitriles is 2. The first-order valence-corrected chi connectivity index (χ1v) is 9.63. The van der Waals surface area contributed by atoms with Crippen LogP contribution in [0.15, 0.2) is 36.4 Å². The first kappa shape index (κ1) is 19.1. The number of benzene rings is 1. The molecule has 1 aliphatic rings. The van der Waals surface area contributed by atoms with Crippen LogP contribution in [0.25, 0.3) is 10.4 Å². The third kappa shape index (κ3) is 5.15. The third-order valence-electron chi connectivity index (χ3n) is 4.31. The second-order valence-corrected chi connectivity index (χ2v) is 7.37. The second kappa shape index (κ2) is 9.29. The van der Waals surface area contributed by atoms with E-state index in [0.29, 0.717) is 24.4 Å². The highest BCUT2D eigenvalue weighted by molar-refractivity contribution is 7.16. The van der Waals surface area contributed by atoms with Gasteiger partial charge in [-0.15, -0.1) is 11.3 Å². The van der Waals surface area contributed by atoms with E-state index in [1.54, 1.807) is 6.07 Å². The van der Waals surface area contributed by atoms with Crippen molar-refractivity contribution in [2.75, 3.05) is 19.7 Å². The van der Waals surface area contributed by atoms with Crippen molar-refractivity contribution in [3.05, 3.63) is 46.8 Å². The Morgan fingerprint density at radius 2 is 2.11 bits per heavy atom. The number of nitrogens with one attached hydrogen (secondary N) is 2. The summed E-state index contributed by atoms with van der Waals surface area (Å²) in [4.78, 5) is 14.0. The number of nitrogens with zero attached hydrogens (tertiary/aromatic N) is 2. The van der Waals surface area contributed by atoms with E-state index in [4.69, 9.17) is 10.00 Å². The van der Waals surface area contributed by atoms with Gasteiger partial charge in [0, 0.05) is 24.4 Å². The quantitative estimate of drug-likeness (QED) is 0.829. The zero-order valence-corrected chi connectivity index (χ0v) is 15.6. The Morgan fingerprint density at radius 3 is 2.81 bits per heavy atom. The second-order valence-electron chi connectivity index (χ2n) is 6.28. The van der Waals surface area contributed by atoms with E-state index in [0.717, 1.165) is 29.0 Å². The van der Waals surface area contributed by atoms with Crippen LogP contribution < -0.4 is 10.6 Å². The number of amides is 1. The number of thiophene rings is 1. The number of ether oxygens (including phenoxy) is 1. The van der Waals surface area contributed by atoms with Crippen LogP contribution in [-0.4, -0.2) is 37.7 Å². The number of rotatable bonds is 5. The molecule has 1 amide bonds. The molecule has 0 spiro atoms. The van der Waals surface area contributed by atoms with E-state index in [1.807, 2.05) is 30.3 Å². The lowest BCUT2D eigenvalue weighted by molar-refractivity contribution is -0.132. The van der Waals surface area contributed by atoms with E-state index in [9.17, 15) is 10.1 Å². The Labute approximate surface area is 162 Å². The van der Waals surface area contributed by atoms with Crippen LogP contribution in [0.1, 0.15) is 16.9 Å². The van der Waals surface area contributed by atoms with Gasteiger partial charge < -0.3 is 15.4 Å². The SMILES string of the molecule is N#Cc1ccc(-c2ccc(CC(C#N)NC(=O)[C@@H]3CNCCCO3)cc2)s1. The molecule has 27 heavy (non-hydrogen) atoms. The van der Waals surface area contributed by atoms with Crippen molar-refractivity contribution in [1.82, 2.24) is 10.6 Å². The molecule has 0 radical (unpaired) electrons. The molecule has 1 unspecified atom stereocenters. The van der Waals surface area contributed by atoms with Gasteiger partial charge in [-0.2, -0.15) is 10.5 Å². The van der Waals surface area contributed by atoms with Crippen LogP contribution in [0.3, 0.4) is 0 Å². The normalized spacial score (nSPS) is 17.9. The third-order valence-corrected chi connectivity index (χ3v) is 5.34. The number of carbonyl (C=O) groups is 1. The molecule has 3 rings (SSSR count). The average Bonchev–Trinajstić information content (AvgIpc) is 3.01.